The van der Waals surface area contributed by atoms with E-state index in [-0.39, 0.29) is 33.4 Å². The number of aliphatic imine (C=N–C) groups is 1. The van der Waals surface area contributed by atoms with E-state index in [0.717, 1.165) is 18.2 Å². The van der Waals surface area contributed by atoms with Crippen molar-refractivity contribution in [3.05, 3.63) is 47.5 Å². The number of hydrogen-bond acceptors (Lipinski definition) is 7. The number of aromatic amines is 1. The minimum absolute atomic E-state index is 0.00222. The molecule has 2 heterocycles. The molecule has 1 atom stereocenters. The number of aliphatic hydroxyl groups is 1. The molecule has 0 fully saturated rings. The van der Waals surface area contributed by atoms with Crippen LogP contribution in [0.3, 0.4) is 0 Å². The monoisotopic (exact) mass is 424 g/mol. The largest absolute Gasteiger partial charge is 0.494 e. The molecule has 0 amide bonds. The van der Waals surface area contributed by atoms with Gasteiger partial charge in [0.1, 0.15) is 11.0 Å². The first kappa shape index (κ1) is 18.6. The number of nitrogens with zero attached hydrogens (tertiary/aromatic N) is 1. The Bertz CT molecular complexity index is 1390. The van der Waals surface area contributed by atoms with Crippen molar-refractivity contribution in [2.75, 3.05) is 0 Å². The molecule has 1 aliphatic rings. The number of hydrogen-bond donors (Lipinski definition) is 5. The van der Waals surface area contributed by atoms with Crippen LogP contribution in [0.2, 0.25) is 0 Å². The molecule has 2 aromatic carbocycles. The summed E-state index contributed by atoms with van der Waals surface area (Å²) in [5.41, 5.74) is 0.165. The van der Waals surface area contributed by atoms with Crippen molar-refractivity contribution in [3.63, 3.8) is 0 Å². The number of aromatic hydroxyl groups is 1. The highest BCUT2D eigenvalue weighted by atomic mass is 32.2. The second-order valence-electron chi connectivity index (χ2n) is 6.10. The highest BCUT2D eigenvalue weighted by Crippen LogP contribution is 2.42. The zero-order chi connectivity index (χ0) is 20.4. The van der Waals surface area contributed by atoms with Crippen LogP contribution in [0, 0.1) is 0 Å². The Morgan fingerprint density at radius 2 is 1.71 bits per heavy atom. The van der Waals surface area contributed by atoms with E-state index in [4.69, 9.17) is 4.55 Å². The van der Waals surface area contributed by atoms with Crippen molar-refractivity contribution >= 4 is 42.5 Å². The van der Waals surface area contributed by atoms with E-state index in [0.29, 0.717) is 0 Å². The van der Waals surface area contributed by atoms with Crippen molar-refractivity contribution < 1.29 is 36.2 Å². The summed E-state index contributed by atoms with van der Waals surface area (Å²) in [5, 5.41) is 21.1. The zero-order valence-corrected chi connectivity index (χ0v) is 15.4. The van der Waals surface area contributed by atoms with Crippen LogP contribution >= 0.6 is 0 Å². The van der Waals surface area contributed by atoms with E-state index in [2.05, 4.69) is 9.98 Å². The van der Waals surface area contributed by atoms with Gasteiger partial charge in [0.2, 0.25) is 0 Å². The van der Waals surface area contributed by atoms with Crippen LogP contribution in [0.25, 0.3) is 10.9 Å². The molecule has 10 nitrogen and oxygen atoms in total. The van der Waals surface area contributed by atoms with Gasteiger partial charge in [-0.15, -0.1) is 0 Å². The summed E-state index contributed by atoms with van der Waals surface area (Å²) in [6, 6.07) is 7.37. The Kier molecular flexibility index (Phi) is 3.89. The number of aliphatic hydroxyl groups excluding tert-OH is 1. The fourth-order valence-electron chi connectivity index (χ4n) is 3.19. The van der Waals surface area contributed by atoms with Crippen molar-refractivity contribution in [1.29, 1.82) is 0 Å². The van der Waals surface area contributed by atoms with Crippen LogP contribution in [-0.4, -0.2) is 46.8 Å². The summed E-state index contributed by atoms with van der Waals surface area (Å²) < 4.78 is 64.2. The summed E-state index contributed by atoms with van der Waals surface area (Å²) in [6.45, 7) is 0. The number of benzene rings is 2. The third kappa shape index (κ3) is 2.78. The lowest BCUT2D eigenvalue weighted by Crippen LogP contribution is -2.09. The first-order chi connectivity index (χ1) is 13.0. The lowest BCUT2D eigenvalue weighted by Gasteiger charge is -2.08. The van der Waals surface area contributed by atoms with Crippen molar-refractivity contribution in [3.8, 4) is 5.88 Å². The van der Waals surface area contributed by atoms with E-state index in [1.54, 1.807) is 0 Å². The standard InChI is InChI=1S/C16H12N2O8S2/c19-15-8-5-4-7(27(21,22)23)6-10(8)17-14(15)12-9-2-1-3-11(28(24,25)26)13(9)18-16(12)20/h1-6,15,18-20H,(H,21,22,23)(H,24,25,26). The Morgan fingerprint density at radius 1 is 1.00 bits per heavy atom. The summed E-state index contributed by atoms with van der Waals surface area (Å²) in [5.74, 6) is -0.494. The molecule has 1 aliphatic heterocycles. The van der Waals surface area contributed by atoms with E-state index < -0.39 is 42.0 Å². The molecule has 0 bridgehead atoms. The minimum atomic E-state index is -4.58. The smallest absolute Gasteiger partial charge is 0.296 e. The number of rotatable bonds is 3. The molecule has 12 heteroatoms. The predicted octanol–water partition coefficient (Wildman–Crippen LogP) is 1.53. The molecular weight excluding hydrogens is 412 g/mol. The molecule has 1 unspecified atom stereocenters. The summed E-state index contributed by atoms with van der Waals surface area (Å²) in [7, 11) is -9.06. The normalized spacial score (nSPS) is 17.0. The number of H-pyrrole nitrogens is 1. The van der Waals surface area contributed by atoms with Crippen LogP contribution in [0.1, 0.15) is 17.2 Å². The molecule has 146 valence electrons. The maximum atomic E-state index is 11.6. The molecule has 0 radical (unpaired) electrons. The molecule has 1 aromatic heterocycles. The molecule has 3 aromatic rings. The molecule has 5 N–H and O–H groups in total. The van der Waals surface area contributed by atoms with E-state index in [1.807, 2.05) is 0 Å². The van der Waals surface area contributed by atoms with Crippen LogP contribution in [0.5, 0.6) is 5.88 Å². The fraction of sp³-hybridized carbons (Fsp3) is 0.0625. The maximum absolute atomic E-state index is 11.6. The lowest BCUT2D eigenvalue weighted by atomic mass is 10.0. The molecule has 0 saturated carbocycles. The Balaban J connectivity index is 1.95. The Morgan fingerprint density at radius 3 is 2.36 bits per heavy atom. The molecule has 0 aliphatic carbocycles. The van der Waals surface area contributed by atoms with Gasteiger partial charge in [0.25, 0.3) is 20.2 Å². The third-order valence-corrected chi connectivity index (χ3v) is 6.15. The molecule has 0 spiro atoms. The van der Waals surface area contributed by atoms with Crippen LogP contribution in [-0.2, 0) is 20.2 Å². The van der Waals surface area contributed by atoms with Gasteiger partial charge >= 0.3 is 0 Å². The maximum Gasteiger partial charge on any atom is 0.296 e. The lowest BCUT2D eigenvalue weighted by molar-refractivity contribution is 0.251. The van der Waals surface area contributed by atoms with Gasteiger partial charge in [0.05, 0.1) is 27.4 Å². The van der Waals surface area contributed by atoms with Gasteiger partial charge in [-0.1, -0.05) is 18.2 Å². The fourth-order valence-corrected chi connectivity index (χ4v) is 4.36. The van der Waals surface area contributed by atoms with Crippen molar-refractivity contribution in [2.45, 2.75) is 15.9 Å². The first-order valence-electron chi connectivity index (χ1n) is 7.68. The van der Waals surface area contributed by atoms with Crippen molar-refractivity contribution in [1.82, 2.24) is 4.98 Å². The predicted molar refractivity (Wildman–Crippen MR) is 97.2 cm³/mol. The van der Waals surface area contributed by atoms with Crippen LogP contribution < -0.4 is 0 Å². The second-order valence-corrected chi connectivity index (χ2v) is 8.91. The van der Waals surface area contributed by atoms with Crippen LogP contribution in [0.4, 0.5) is 5.69 Å². The number of para-hydroxylation sites is 1. The summed E-state index contributed by atoms with van der Waals surface area (Å²) in [4.78, 5) is 5.72. The van der Waals surface area contributed by atoms with E-state index >= 15 is 0 Å². The van der Waals surface area contributed by atoms with Gasteiger partial charge in [0, 0.05) is 10.9 Å². The Labute approximate surface area is 158 Å². The van der Waals surface area contributed by atoms with Crippen molar-refractivity contribution in [2.24, 2.45) is 4.99 Å². The zero-order valence-electron chi connectivity index (χ0n) is 13.7. The minimum Gasteiger partial charge on any atom is -0.494 e. The van der Waals surface area contributed by atoms with E-state index in [1.165, 1.54) is 18.2 Å². The quantitative estimate of drug-likeness (QED) is 0.393. The molecule has 0 saturated heterocycles. The second kappa shape index (κ2) is 5.86. The topological polar surface area (TPSA) is 177 Å². The molecule has 28 heavy (non-hydrogen) atoms. The van der Waals surface area contributed by atoms with Crippen LogP contribution in [0.15, 0.2) is 51.2 Å². The summed E-state index contributed by atoms with van der Waals surface area (Å²) in [6.07, 6.45) is -1.34. The number of aromatic nitrogens is 1. The Hall–Kier alpha value is -2.77. The SMILES string of the molecule is O=S(=O)(O)c1ccc2c(c1)N=C(c1c(O)[nH]c3c(S(=O)(=O)O)cccc13)C2O. The number of nitrogens with one attached hydrogen (secondary N) is 1. The van der Waals surface area contributed by atoms with Gasteiger partial charge in [-0.05, 0) is 18.2 Å². The summed E-state index contributed by atoms with van der Waals surface area (Å²) >= 11 is 0. The third-order valence-electron chi connectivity index (χ3n) is 4.40. The van der Waals surface area contributed by atoms with E-state index in [9.17, 15) is 31.6 Å². The average Bonchev–Trinajstić information content (AvgIpc) is 3.08. The first-order valence-corrected chi connectivity index (χ1v) is 10.6. The molecule has 4 rings (SSSR count). The van der Waals surface area contributed by atoms with Gasteiger partial charge < -0.3 is 15.2 Å². The highest BCUT2D eigenvalue weighted by molar-refractivity contribution is 7.86. The van der Waals surface area contributed by atoms with Gasteiger partial charge in [-0.25, -0.2) is 4.99 Å². The molecular formula is C16H12N2O8S2. The number of fused-ring (bicyclic) bond motifs is 2. The van der Waals surface area contributed by atoms with Gasteiger partial charge in [-0.2, -0.15) is 16.8 Å². The van der Waals surface area contributed by atoms with Gasteiger partial charge in [-0.3, -0.25) is 9.11 Å². The average molecular weight is 424 g/mol. The highest BCUT2D eigenvalue weighted by Gasteiger charge is 2.32. The van der Waals surface area contributed by atoms with Gasteiger partial charge in [0.15, 0.2) is 5.88 Å².